The molecule has 0 aliphatic carbocycles. The number of hydrogen-bond acceptors (Lipinski definition) is 4. The highest BCUT2D eigenvalue weighted by atomic mass is 16.5. The lowest BCUT2D eigenvalue weighted by Crippen LogP contribution is -2.49. The van der Waals surface area contributed by atoms with E-state index < -0.39 is 0 Å². The molecule has 1 fully saturated rings. The zero-order valence-corrected chi connectivity index (χ0v) is 8.42. The van der Waals surface area contributed by atoms with Crippen molar-refractivity contribution in [2.24, 2.45) is 5.73 Å². The topological polar surface area (TPSA) is 50.5 Å². The molecule has 1 aliphatic heterocycles. The molecule has 0 aromatic heterocycles. The van der Waals surface area contributed by atoms with Gasteiger partial charge >= 0.3 is 0 Å². The summed E-state index contributed by atoms with van der Waals surface area (Å²) in [6.45, 7) is 5.71. The maximum atomic E-state index is 5.88. The van der Waals surface area contributed by atoms with E-state index in [1.165, 1.54) is 0 Å². The highest BCUT2D eigenvalue weighted by Crippen LogP contribution is 2.03. The minimum Gasteiger partial charge on any atom is -0.386 e. The van der Waals surface area contributed by atoms with Gasteiger partial charge in [-0.2, -0.15) is 0 Å². The molecule has 76 valence electrons. The second-order valence-electron chi connectivity index (χ2n) is 3.39. The Hall–Kier alpha value is -0.740. The number of ether oxygens (including phenoxy) is 1. The highest BCUT2D eigenvalue weighted by Gasteiger charge is 2.15. The molecule has 1 rings (SSSR count). The first-order valence-corrected chi connectivity index (χ1v) is 4.67. The van der Waals surface area contributed by atoms with Gasteiger partial charge in [-0.3, -0.25) is 0 Å². The third-order valence-electron chi connectivity index (χ3n) is 2.19. The van der Waals surface area contributed by atoms with Crippen LogP contribution in [0.4, 0.5) is 0 Å². The van der Waals surface area contributed by atoms with Gasteiger partial charge in [0.15, 0.2) is 0 Å². The summed E-state index contributed by atoms with van der Waals surface area (Å²) in [6.07, 6.45) is 1.91. The minimum absolute atomic E-state index is 0.517. The van der Waals surface area contributed by atoms with Crippen LogP contribution in [0.5, 0.6) is 0 Å². The summed E-state index contributed by atoms with van der Waals surface area (Å²) < 4.78 is 4.93. The molecule has 13 heavy (non-hydrogen) atoms. The van der Waals surface area contributed by atoms with Gasteiger partial charge in [0, 0.05) is 32.8 Å². The maximum Gasteiger partial charge on any atom is 0.0969 e. The molecule has 0 saturated carbocycles. The van der Waals surface area contributed by atoms with Gasteiger partial charge in [-0.1, -0.05) is 0 Å². The quantitative estimate of drug-likeness (QED) is 0.635. The standard InChI is InChI=1S/C9H19N3O/c1-8-7-12(5-4-11-8)9(10)3-6-13-2/h3,8,11H,4-7,10H2,1-2H3/b9-3+. The molecule has 0 bridgehead atoms. The zero-order valence-electron chi connectivity index (χ0n) is 8.42. The Labute approximate surface area is 79.7 Å². The Balaban J connectivity index is 2.40. The first kappa shape index (κ1) is 10.3. The molecule has 3 N–H and O–H groups in total. The molecular formula is C9H19N3O. The summed E-state index contributed by atoms with van der Waals surface area (Å²) in [7, 11) is 1.67. The van der Waals surface area contributed by atoms with Crippen molar-refractivity contribution in [3.05, 3.63) is 11.9 Å². The average Bonchev–Trinajstić information content (AvgIpc) is 2.14. The van der Waals surface area contributed by atoms with Crippen LogP contribution in [-0.2, 0) is 4.74 Å². The fourth-order valence-corrected chi connectivity index (χ4v) is 1.46. The van der Waals surface area contributed by atoms with Gasteiger partial charge in [-0.25, -0.2) is 0 Å². The molecule has 1 saturated heterocycles. The van der Waals surface area contributed by atoms with Gasteiger partial charge < -0.3 is 20.7 Å². The number of nitrogens with two attached hydrogens (primary N) is 1. The first-order chi connectivity index (χ1) is 6.24. The average molecular weight is 185 g/mol. The number of rotatable bonds is 3. The second-order valence-corrected chi connectivity index (χ2v) is 3.39. The lowest BCUT2D eigenvalue weighted by molar-refractivity contribution is 0.222. The molecule has 4 nitrogen and oxygen atoms in total. The van der Waals surface area contributed by atoms with Gasteiger partial charge in [-0.15, -0.1) is 0 Å². The Morgan fingerprint density at radius 3 is 3.15 bits per heavy atom. The highest BCUT2D eigenvalue weighted by molar-refractivity contribution is 4.98. The van der Waals surface area contributed by atoms with Crippen molar-refractivity contribution >= 4 is 0 Å². The SMILES string of the molecule is COC/C=C(\N)N1CCNC(C)C1. The first-order valence-electron chi connectivity index (χ1n) is 4.67. The summed E-state index contributed by atoms with van der Waals surface area (Å²) in [5.74, 6) is 0.829. The normalized spacial score (nSPS) is 24.9. The number of piperazine rings is 1. The van der Waals surface area contributed by atoms with E-state index in [9.17, 15) is 0 Å². The summed E-state index contributed by atoms with van der Waals surface area (Å²) in [5, 5.41) is 3.37. The summed E-state index contributed by atoms with van der Waals surface area (Å²) >= 11 is 0. The van der Waals surface area contributed by atoms with E-state index in [-0.39, 0.29) is 0 Å². The molecule has 4 heteroatoms. The minimum atomic E-state index is 0.517. The van der Waals surface area contributed by atoms with E-state index in [1.54, 1.807) is 7.11 Å². The van der Waals surface area contributed by atoms with Crippen LogP contribution in [0.2, 0.25) is 0 Å². The van der Waals surface area contributed by atoms with E-state index in [4.69, 9.17) is 10.5 Å². The van der Waals surface area contributed by atoms with Gasteiger partial charge in [0.2, 0.25) is 0 Å². The second kappa shape index (κ2) is 5.09. The van der Waals surface area contributed by atoms with E-state index in [1.807, 2.05) is 6.08 Å². The molecule has 0 amide bonds. The van der Waals surface area contributed by atoms with Crippen molar-refractivity contribution in [2.75, 3.05) is 33.4 Å². The number of nitrogens with zero attached hydrogens (tertiary/aromatic N) is 1. The molecular weight excluding hydrogens is 166 g/mol. The van der Waals surface area contributed by atoms with Crippen LogP contribution < -0.4 is 11.1 Å². The van der Waals surface area contributed by atoms with E-state index in [2.05, 4.69) is 17.1 Å². The monoisotopic (exact) mass is 185 g/mol. The van der Waals surface area contributed by atoms with Crippen LogP contribution >= 0.6 is 0 Å². The van der Waals surface area contributed by atoms with Crippen molar-refractivity contribution in [1.29, 1.82) is 0 Å². The van der Waals surface area contributed by atoms with Crippen molar-refractivity contribution in [3.8, 4) is 0 Å². The number of nitrogens with one attached hydrogen (secondary N) is 1. The summed E-state index contributed by atoms with van der Waals surface area (Å²) in [5.41, 5.74) is 5.88. The van der Waals surface area contributed by atoms with E-state index in [0.717, 1.165) is 25.5 Å². The molecule has 1 atom stereocenters. The Morgan fingerprint density at radius 1 is 1.77 bits per heavy atom. The van der Waals surface area contributed by atoms with Crippen LogP contribution in [0, 0.1) is 0 Å². The zero-order chi connectivity index (χ0) is 9.68. The van der Waals surface area contributed by atoms with Crippen LogP contribution in [0.15, 0.2) is 11.9 Å². The maximum absolute atomic E-state index is 5.88. The smallest absolute Gasteiger partial charge is 0.0969 e. The van der Waals surface area contributed by atoms with Gasteiger partial charge in [0.1, 0.15) is 0 Å². The van der Waals surface area contributed by atoms with Crippen LogP contribution in [0.1, 0.15) is 6.92 Å². The Kier molecular flexibility index (Phi) is 4.05. The van der Waals surface area contributed by atoms with Gasteiger partial charge in [-0.05, 0) is 13.0 Å². The molecule has 0 aromatic carbocycles. The van der Waals surface area contributed by atoms with Crippen molar-refractivity contribution in [2.45, 2.75) is 13.0 Å². The lowest BCUT2D eigenvalue weighted by atomic mass is 10.2. The van der Waals surface area contributed by atoms with Crippen LogP contribution in [0.3, 0.4) is 0 Å². The Morgan fingerprint density at radius 2 is 2.54 bits per heavy atom. The summed E-state index contributed by atoms with van der Waals surface area (Å²) in [4.78, 5) is 2.18. The van der Waals surface area contributed by atoms with Crippen molar-refractivity contribution in [1.82, 2.24) is 10.2 Å². The third-order valence-corrected chi connectivity index (χ3v) is 2.19. The molecule has 0 spiro atoms. The summed E-state index contributed by atoms with van der Waals surface area (Å²) in [6, 6.07) is 0.517. The molecule has 0 aromatic rings. The van der Waals surface area contributed by atoms with Gasteiger partial charge in [0.25, 0.3) is 0 Å². The molecule has 1 aliphatic rings. The van der Waals surface area contributed by atoms with Crippen molar-refractivity contribution in [3.63, 3.8) is 0 Å². The van der Waals surface area contributed by atoms with Gasteiger partial charge in [0.05, 0.1) is 12.4 Å². The lowest BCUT2D eigenvalue weighted by Gasteiger charge is -2.33. The van der Waals surface area contributed by atoms with E-state index in [0.29, 0.717) is 12.6 Å². The van der Waals surface area contributed by atoms with Crippen LogP contribution in [-0.4, -0.2) is 44.3 Å². The van der Waals surface area contributed by atoms with E-state index >= 15 is 0 Å². The fraction of sp³-hybridized carbons (Fsp3) is 0.778. The predicted octanol–water partition coefficient (Wildman–Crippen LogP) is -0.273. The Bertz CT molecular complexity index is 182. The number of methoxy groups -OCH3 is 1. The predicted molar refractivity (Wildman–Crippen MR) is 53.2 cm³/mol. The molecule has 0 radical (unpaired) electrons. The fourth-order valence-electron chi connectivity index (χ4n) is 1.46. The number of hydrogen-bond donors (Lipinski definition) is 2. The van der Waals surface area contributed by atoms with Crippen LogP contribution in [0.25, 0.3) is 0 Å². The third kappa shape index (κ3) is 3.24. The molecule has 1 heterocycles. The van der Waals surface area contributed by atoms with Crippen molar-refractivity contribution < 1.29 is 4.74 Å². The molecule has 1 unspecified atom stereocenters. The largest absolute Gasteiger partial charge is 0.386 e.